The molecule has 1 saturated heterocycles. The second kappa shape index (κ2) is 5.99. The lowest BCUT2D eigenvalue weighted by Crippen LogP contribution is -2.52. The van der Waals surface area contributed by atoms with Gasteiger partial charge in [-0.2, -0.15) is 0 Å². The number of carboxylic acid groups (broad SMARTS) is 1. The van der Waals surface area contributed by atoms with E-state index in [1.165, 1.54) is 6.42 Å². The quantitative estimate of drug-likeness (QED) is 0.682. The predicted octanol–water partition coefficient (Wildman–Crippen LogP) is 0.903. The normalized spacial score (nSPS) is 31.4. The topological polar surface area (TPSA) is 78.8 Å². The maximum Gasteiger partial charge on any atom is 0.332 e. The number of rotatable bonds is 5. The van der Waals surface area contributed by atoms with Gasteiger partial charge in [0.15, 0.2) is 6.10 Å². The molecule has 0 aromatic heterocycles. The van der Waals surface area contributed by atoms with Crippen molar-refractivity contribution in [3.8, 4) is 0 Å². The van der Waals surface area contributed by atoms with Crippen molar-refractivity contribution in [1.29, 1.82) is 0 Å². The molecule has 2 fully saturated rings. The van der Waals surface area contributed by atoms with Crippen molar-refractivity contribution in [2.45, 2.75) is 62.7 Å². The van der Waals surface area contributed by atoms with Gasteiger partial charge in [-0.05, 0) is 25.7 Å². The van der Waals surface area contributed by atoms with E-state index in [2.05, 4.69) is 5.32 Å². The summed E-state index contributed by atoms with van der Waals surface area (Å²) in [6.45, 7) is 0.798. The van der Waals surface area contributed by atoms with Gasteiger partial charge < -0.3 is 20.3 Å². The molecule has 2 aliphatic rings. The molecule has 1 heterocycles. The summed E-state index contributed by atoms with van der Waals surface area (Å²) in [4.78, 5) is 10.8. The van der Waals surface area contributed by atoms with E-state index in [4.69, 9.17) is 9.84 Å². The zero-order valence-electron chi connectivity index (χ0n) is 10.7. The van der Waals surface area contributed by atoms with Crippen molar-refractivity contribution in [3.63, 3.8) is 0 Å². The number of ether oxygens (including phenoxy) is 1. The van der Waals surface area contributed by atoms with E-state index >= 15 is 0 Å². The van der Waals surface area contributed by atoms with Gasteiger partial charge in [0.25, 0.3) is 0 Å². The van der Waals surface area contributed by atoms with E-state index in [-0.39, 0.29) is 18.2 Å². The van der Waals surface area contributed by atoms with Crippen LogP contribution in [0.25, 0.3) is 0 Å². The molecular weight excluding hydrogens is 234 g/mol. The van der Waals surface area contributed by atoms with E-state index < -0.39 is 12.1 Å². The van der Waals surface area contributed by atoms with Gasteiger partial charge >= 0.3 is 5.97 Å². The third-order valence-corrected chi connectivity index (χ3v) is 4.20. The van der Waals surface area contributed by atoms with Crippen LogP contribution in [0.3, 0.4) is 0 Å². The van der Waals surface area contributed by atoms with Crippen molar-refractivity contribution in [2.75, 3.05) is 13.2 Å². The molecular formula is C13H23NO4. The summed E-state index contributed by atoms with van der Waals surface area (Å²) < 4.78 is 5.46. The number of carbonyl (C=O) groups is 1. The standard InChI is InChI=1S/C13H23NO4/c15-9-13(6-2-1-3-7-13)14-8-10-4-5-11(18-10)12(16)17/h10-11,14-15H,1-9H2,(H,16,17). The molecule has 2 unspecified atom stereocenters. The Morgan fingerprint density at radius 1 is 1.28 bits per heavy atom. The maximum atomic E-state index is 10.8. The van der Waals surface area contributed by atoms with Gasteiger partial charge in [-0.25, -0.2) is 4.79 Å². The number of carboxylic acids is 1. The minimum absolute atomic E-state index is 0.0311. The molecule has 2 atom stereocenters. The predicted molar refractivity (Wildman–Crippen MR) is 66.4 cm³/mol. The van der Waals surface area contributed by atoms with Crippen LogP contribution in [-0.4, -0.2) is 47.1 Å². The molecule has 5 nitrogen and oxygen atoms in total. The Morgan fingerprint density at radius 2 is 2.00 bits per heavy atom. The summed E-state index contributed by atoms with van der Waals surface area (Å²) in [7, 11) is 0. The fourth-order valence-electron chi connectivity index (χ4n) is 2.99. The lowest BCUT2D eigenvalue weighted by Gasteiger charge is -2.37. The molecule has 0 aromatic carbocycles. The van der Waals surface area contributed by atoms with Crippen LogP contribution in [0.2, 0.25) is 0 Å². The summed E-state index contributed by atoms with van der Waals surface area (Å²) in [5, 5.41) is 21.8. The average molecular weight is 257 g/mol. The Hall–Kier alpha value is -0.650. The van der Waals surface area contributed by atoms with Crippen LogP contribution in [0.15, 0.2) is 0 Å². The summed E-state index contributed by atoms with van der Waals surface area (Å²) in [5.41, 5.74) is -0.164. The van der Waals surface area contributed by atoms with Gasteiger partial charge in [0, 0.05) is 12.1 Å². The second-order valence-corrected chi connectivity index (χ2v) is 5.54. The van der Waals surface area contributed by atoms with Crippen molar-refractivity contribution in [1.82, 2.24) is 5.32 Å². The first-order valence-electron chi connectivity index (χ1n) is 6.89. The lowest BCUT2D eigenvalue weighted by atomic mass is 9.82. The Labute approximate surface area is 108 Å². The largest absolute Gasteiger partial charge is 0.479 e. The van der Waals surface area contributed by atoms with E-state index in [0.717, 1.165) is 32.1 Å². The number of nitrogens with one attached hydrogen (secondary N) is 1. The van der Waals surface area contributed by atoms with Crippen molar-refractivity contribution >= 4 is 5.97 Å². The van der Waals surface area contributed by atoms with E-state index in [0.29, 0.717) is 13.0 Å². The zero-order chi connectivity index (χ0) is 13.0. The number of hydrogen-bond acceptors (Lipinski definition) is 4. The highest BCUT2D eigenvalue weighted by Crippen LogP contribution is 2.28. The molecule has 0 radical (unpaired) electrons. The van der Waals surface area contributed by atoms with Crippen LogP contribution in [0.5, 0.6) is 0 Å². The highest BCUT2D eigenvalue weighted by molar-refractivity contribution is 5.72. The first kappa shape index (κ1) is 13.8. The van der Waals surface area contributed by atoms with Crippen LogP contribution in [0.1, 0.15) is 44.9 Å². The molecule has 0 spiro atoms. The van der Waals surface area contributed by atoms with Crippen LogP contribution < -0.4 is 5.32 Å². The van der Waals surface area contributed by atoms with Crippen molar-refractivity contribution < 1.29 is 19.7 Å². The lowest BCUT2D eigenvalue weighted by molar-refractivity contribution is -0.149. The first-order valence-corrected chi connectivity index (χ1v) is 6.89. The Bertz CT molecular complexity index is 289. The molecule has 0 aromatic rings. The third kappa shape index (κ3) is 3.22. The van der Waals surface area contributed by atoms with Gasteiger partial charge in [-0.1, -0.05) is 19.3 Å². The fourth-order valence-corrected chi connectivity index (χ4v) is 2.99. The summed E-state index contributed by atoms with van der Waals surface area (Å²) in [6.07, 6.45) is 6.24. The van der Waals surface area contributed by atoms with Gasteiger partial charge in [0.05, 0.1) is 12.7 Å². The number of aliphatic hydroxyl groups is 1. The molecule has 1 aliphatic carbocycles. The molecule has 1 aliphatic heterocycles. The minimum atomic E-state index is -0.868. The second-order valence-electron chi connectivity index (χ2n) is 5.54. The fraction of sp³-hybridized carbons (Fsp3) is 0.923. The maximum absolute atomic E-state index is 10.8. The summed E-state index contributed by atoms with van der Waals surface area (Å²) >= 11 is 0. The molecule has 3 N–H and O–H groups in total. The molecule has 0 amide bonds. The van der Waals surface area contributed by atoms with Crippen LogP contribution in [-0.2, 0) is 9.53 Å². The smallest absolute Gasteiger partial charge is 0.332 e. The molecule has 1 saturated carbocycles. The van der Waals surface area contributed by atoms with E-state index in [1.54, 1.807) is 0 Å². The van der Waals surface area contributed by atoms with Gasteiger partial charge in [-0.3, -0.25) is 0 Å². The first-order chi connectivity index (χ1) is 8.65. The third-order valence-electron chi connectivity index (χ3n) is 4.20. The van der Waals surface area contributed by atoms with Crippen LogP contribution >= 0.6 is 0 Å². The van der Waals surface area contributed by atoms with Crippen LogP contribution in [0.4, 0.5) is 0 Å². The molecule has 18 heavy (non-hydrogen) atoms. The number of aliphatic hydroxyl groups excluding tert-OH is 1. The van der Waals surface area contributed by atoms with Crippen LogP contribution in [0, 0.1) is 0 Å². The van der Waals surface area contributed by atoms with Gasteiger partial charge in [0.2, 0.25) is 0 Å². The monoisotopic (exact) mass is 257 g/mol. The van der Waals surface area contributed by atoms with E-state index in [1.807, 2.05) is 0 Å². The SMILES string of the molecule is O=C(O)C1CCC(CNC2(CO)CCCCC2)O1. The molecule has 104 valence electrons. The Morgan fingerprint density at radius 3 is 2.56 bits per heavy atom. The average Bonchev–Trinajstić information content (AvgIpc) is 2.87. The Balaban J connectivity index is 1.78. The van der Waals surface area contributed by atoms with Crippen molar-refractivity contribution in [2.24, 2.45) is 0 Å². The summed E-state index contributed by atoms with van der Waals surface area (Å²) in [5.74, 6) is -0.868. The number of hydrogen-bond donors (Lipinski definition) is 3. The molecule has 2 rings (SSSR count). The highest BCUT2D eigenvalue weighted by atomic mass is 16.5. The number of aliphatic carboxylic acids is 1. The van der Waals surface area contributed by atoms with Gasteiger partial charge in [0.1, 0.15) is 0 Å². The summed E-state index contributed by atoms with van der Waals surface area (Å²) in [6, 6.07) is 0. The van der Waals surface area contributed by atoms with E-state index in [9.17, 15) is 9.90 Å². The van der Waals surface area contributed by atoms with Gasteiger partial charge in [-0.15, -0.1) is 0 Å². The minimum Gasteiger partial charge on any atom is -0.479 e. The Kier molecular flexibility index (Phi) is 4.59. The highest BCUT2D eigenvalue weighted by Gasteiger charge is 2.34. The van der Waals surface area contributed by atoms with Crippen molar-refractivity contribution in [3.05, 3.63) is 0 Å². The zero-order valence-corrected chi connectivity index (χ0v) is 10.7. The molecule has 0 bridgehead atoms. The molecule has 5 heteroatoms.